The Labute approximate surface area is 124 Å². The second-order valence-corrected chi connectivity index (χ2v) is 5.72. The highest BCUT2D eigenvalue weighted by Crippen LogP contribution is 2.24. The van der Waals surface area contributed by atoms with Crippen molar-refractivity contribution in [3.8, 4) is 0 Å². The van der Waals surface area contributed by atoms with Crippen molar-refractivity contribution in [1.82, 2.24) is 0 Å². The highest BCUT2D eigenvalue weighted by atomic mass is 19.1. The molecule has 0 spiro atoms. The van der Waals surface area contributed by atoms with Crippen LogP contribution in [0.15, 0.2) is 12.1 Å². The Morgan fingerprint density at radius 2 is 1.95 bits per heavy atom. The summed E-state index contributed by atoms with van der Waals surface area (Å²) in [4.78, 5) is 11.9. The molecule has 0 bridgehead atoms. The zero-order valence-electron chi connectivity index (χ0n) is 12.9. The van der Waals surface area contributed by atoms with Crippen LogP contribution in [0, 0.1) is 30.4 Å². The normalized spacial score (nSPS) is 12.5. The molecule has 0 radical (unpaired) electrons. The Balaban J connectivity index is 2.64. The second-order valence-electron chi connectivity index (χ2n) is 5.72. The van der Waals surface area contributed by atoms with Gasteiger partial charge in [0.25, 0.3) is 0 Å². The van der Waals surface area contributed by atoms with Crippen LogP contribution in [0.3, 0.4) is 0 Å². The molecule has 0 saturated heterocycles. The highest BCUT2D eigenvalue weighted by molar-refractivity contribution is 5.91. The Bertz CT molecular complexity index is 489. The number of nitrogens with one attached hydrogen (secondary N) is 1. The van der Waals surface area contributed by atoms with E-state index in [2.05, 4.69) is 19.2 Å². The summed E-state index contributed by atoms with van der Waals surface area (Å²) in [5.74, 6) is -1.08. The number of aryl methyl sites for hydroxylation is 1. The quantitative estimate of drug-likeness (QED) is 0.808. The van der Waals surface area contributed by atoms with Crippen LogP contribution in [0.2, 0.25) is 0 Å². The van der Waals surface area contributed by atoms with Crippen molar-refractivity contribution in [2.75, 3.05) is 11.9 Å². The monoisotopic (exact) mass is 298 g/mol. The first-order valence-electron chi connectivity index (χ1n) is 7.31. The molecule has 1 atom stereocenters. The van der Waals surface area contributed by atoms with Gasteiger partial charge in [-0.15, -0.1) is 0 Å². The van der Waals surface area contributed by atoms with Crippen molar-refractivity contribution < 1.29 is 13.6 Å². The van der Waals surface area contributed by atoms with Gasteiger partial charge in [-0.1, -0.05) is 19.9 Å². The topological polar surface area (TPSA) is 55.1 Å². The molecule has 1 aromatic carbocycles. The summed E-state index contributed by atoms with van der Waals surface area (Å²) >= 11 is 0. The van der Waals surface area contributed by atoms with Crippen molar-refractivity contribution in [2.45, 2.75) is 40.0 Å². The van der Waals surface area contributed by atoms with E-state index in [4.69, 9.17) is 5.73 Å². The summed E-state index contributed by atoms with van der Waals surface area (Å²) < 4.78 is 27.4. The summed E-state index contributed by atoms with van der Waals surface area (Å²) in [6, 6.07) is 2.50. The van der Waals surface area contributed by atoms with Crippen LogP contribution < -0.4 is 11.1 Å². The summed E-state index contributed by atoms with van der Waals surface area (Å²) in [6.07, 6.45) is 1.74. The van der Waals surface area contributed by atoms with E-state index in [0.29, 0.717) is 30.4 Å². The van der Waals surface area contributed by atoms with Crippen molar-refractivity contribution >= 4 is 11.6 Å². The van der Waals surface area contributed by atoms with Gasteiger partial charge in [0.05, 0.1) is 0 Å². The van der Waals surface area contributed by atoms with Gasteiger partial charge in [0.1, 0.15) is 11.5 Å². The number of rotatable bonds is 7. The lowest BCUT2D eigenvalue weighted by molar-refractivity contribution is -0.116. The Kier molecular flexibility index (Phi) is 6.75. The van der Waals surface area contributed by atoms with Crippen LogP contribution in [0.5, 0.6) is 0 Å². The third kappa shape index (κ3) is 5.08. The smallest absolute Gasteiger partial charge is 0.224 e. The molecule has 118 valence electrons. The summed E-state index contributed by atoms with van der Waals surface area (Å²) in [7, 11) is 0. The first-order chi connectivity index (χ1) is 9.86. The number of halogens is 2. The molecule has 0 aromatic heterocycles. The third-order valence-electron chi connectivity index (χ3n) is 3.77. The molecular weight excluding hydrogens is 274 g/mol. The molecule has 3 N–H and O–H groups in total. The van der Waals surface area contributed by atoms with E-state index in [1.807, 2.05) is 0 Å². The van der Waals surface area contributed by atoms with Crippen molar-refractivity contribution in [2.24, 2.45) is 17.6 Å². The minimum Gasteiger partial charge on any atom is -0.330 e. The summed E-state index contributed by atoms with van der Waals surface area (Å²) in [5.41, 5.74) is 5.49. The summed E-state index contributed by atoms with van der Waals surface area (Å²) in [6.45, 7) is 6.27. The lowest BCUT2D eigenvalue weighted by Gasteiger charge is -2.19. The van der Waals surface area contributed by atoms with E-state index in [0.717, 1.165) is 12.5 Å². The van der Waals surface area contributed by atoms with E-state index in [9.17, 15) is 13.6 Å². The Hall–Kier alpha value is -1.49. The first-order valence-corrected chi connectivity index (χ1v) is 7.31. The van der Waals surface area contributed by atoms with Gasteiger partial charge in [-0.2, -0.15) is 0 Å². The number of hydrogen-bond acceptors (Lipinski definition) is 2. The van der Waals surface area contributed by atoms with Crippen LogP contribution >= 0.6 is 0 Å². The number of benzene rings is 1. The molecule has 0 aliphatic rings. The molecule has 0 heterocycles. The average molecular weight is 298 g/mol. The maximum atomic E-state index is 13.8. The molecule has 1 unspecified atom stereocenters. The van der Waals surface area contributed by atoms with E-state index in [1.54, 1.807) is 0 Å². The third-order valence-corrected chi connectivity index (χ3v) is 3.77. The number of amides is 1. The number of anilines is 1. The molecule has 0 fully saturated rings. The molecule has 0 aliphatic heterocycles. The molecule has 1 amide bonds. The molecule has 0 saturated carbocycles. The van der Waals surface area contributed by atoms with Crippen molar-refractivity contribution in [3.63, 3.8) is 0 Å². The van der Waals surface area contributed by atoms with Gasteiger partial charge in [-0.25, -0.2) is 8.78 Å². The van der Waals surface area contributed by atoms with Crippen LogP contribution in [0.25, 0.3) is 0 Å². The Morgan fingerprint density at radius 3 is 2.52 bits per heavy atom. The van der Waals surface area contributed by atoms with Gasteiger partial charge in [0.15, 0.2) is 5.82 Å². The van der Waals surface area contributed by atoms with E-state index in [-0.39, 0.29) is 18.0 Å². The van der Waals surface area contributed by atoms with Gasteiger partial charge in [-0.3, -0.25) is 4.79 Å². The lowest BCUT2D eigenvalue weighted by Crippen LogP contribution is -2.19. The van der Waals surface area contributed by atoms with Crippen LogP contribution in [-0.2, 0) is 4.79 Å². The number of carbonyl (C=O) groups excluding carboxylic acids is 1. The maximum Gasteiger partial charge on any atom is 0.224 e. The fraction of sp³-hybridized carbons (Fsp3) is 0.562. The molecule has 1 aromatic rings. The van der Waals surface area contributed by atoms with E-state index < -0.39 is 11.6 Å². The van der Waals surface area contributed by atoms with E-state index in [1.165, 1.54) is 13.0 Å². The highest BCUT2D eigenvalue weighted by Gasteiger charge is 2.17. The Morgan fingerprint density at radius 1 is 1.29 bits per heavy atom. The summed E-state index contributed by atoms with van der Waals surface area (Å²) in [5, 5.41) is 2.34. The molecule has 3 nitrogen and oxygen atoms in total. The average Bonchev–Trinajstić information content (AvgIpc) is 2.43. The second kappa shape index (κ2) is 8.08. The number of carbonyl (C=O) groups is 1. The zero-order valence-corrected chi connectivity index (χ0v) is 12.9. The van der Waals surface area contributed by atoms with Crippen LogP contribution in [0.4, 0.5) is 14.5 Å². The van der Waals surface area contributed by atoms with Crippen LogP contribution in [-0.4, -0.2) is 12.5 Å². The minimum atomic E-state index is -0.756. The largest absolute Gasteiger partial charge is 0.330 e. The number of hydrogen-bond donors (Lipinski definition) is 2. The SMILES string of the molecule is Cc1ccc(F)c(NC(=O)CCC(CCN)C(C)C)c1F. The van der Waals surface area contributed by atoms with Gasteiger partial charge >= 0.3 is 0 Å². The maximum absolute atomic E-state index is 13.8. The van der Waals surface area contributed by atoms with Crippen molar-refractivity contribution in [3.05, 3.63) is 29.3 Å². The molecular formula is C16H24F2N2O. The zero-order chi connectivity index (χ0) is 16.0. The van der Waals surface area contributed by atoms with Gasteiger partial charge in [0.2, 0.25) is 5.91 Å². The van der Waals surface area contributed by atoms with Crippen molar-refractivity contribution in [1.29, 1.82) is 0 Å². The fourth-order valence-electron chi connectivity index (χ4n) is 2.31. The molecule has 0 aliphatic carbocycles. The molecule has 5 heteroatoms. The fourth-order valence-corrected chi connectivity index (χ4v) is 2.31. The van der Waals surface area contributed by atoms with Gasteiger partial charge < -0.3 is 11.1 Å². The van der Waals surface area contributed by atoms with Crippen LogP contribution in [0.1, 0.15) is 38.7 Å². The molecule has 21 heavy (non-hydrogen) atoms. The predicted molar refractivity (Wildman–Crippen MR) is 81.0 cm³/mol. The minimum absolute atomic E-state index is 0.232. The van der Waals surface area contributed by atoms with E-state index >= 15 is 0 Å². The standard InChI is InChI=1S/C16H24F2N2O/c1-10(2)12(8-9-19)5-7-14(21)20-16-13(17)6-4-11(3)15(16)18/h4,6,10,12H,5,7-9,19H2,1-3H3,(H,20,21). The van der Waals surface area contributed by atoms with Gasteiger partial charge in [-0.05, 0) is 49.8 Å². The first kappa shape index (κ1) is 17.6. The number of nitrogens with two attached hydrogens (primary N) is 1. The molecule has 1 rings (SSSR count). The predicted octanol–water partition coefficient (Wildman–Crippen LogP) is 3.61. The lowest BCUT2D eigenvalue weighted by atomic mass is 9.88. The van der Waals surface area contributed by atoms with Gasteiger partial charge in [0, 0.05) is 6.42 Å².